The van der Waals surface area contributed by atoms with Crippen molar-refractivity contribution >= 4 is 65.6 Å². The minimum atomic E-state index is 0.417. The van der Waals surface area contributed by atoms with Gasteiger partial charge in [-0.15, -0.1) is 0 Å². The van der Waals surface area contributed by atoms with Crippen molar-refractivity contribution in [2.24, 2.45) is 0 Å². The zero-order valence-corrected chi connectivity index (χ0v) is 44.8. The molecule has 0 saturated heterocycles. The third-order valence-corrected chi connectivity index (χ3v) is 16.4. The Balaban J connectivity index is 1.04. The number of nitrogens with zero attached hydrogens (tertiary/aromatic N) is 5. The van der Waals surface area contributed by atoms with E-state index in [4.69, 9.17) is 14.4 Å². The van der Waals surface area contributed by atoms with Crippen LogP contribution in [0.4, 0.5) is 0 Å². The molecular formula is C77H47N5O. The molecule has 12 aromatic carbocycles. The first-order valence-electron chi connectivity index (χ1n) is 27.9. The molecule has 4 heterocycles. The molecule has 0 unspecified atom stereocenters. The van der Waals surface area contributed by atoms with Crippen molar-refractivity contribution in [3.05, 3.63) is 291 Å². The lowest BCUT2D eigenvalue weighted by molar-refractivity contribution is 0.668. The van der Waals surface area contributed by atoms with Gasteiger partial charge in [-0.2, -0.15) is 5.26 Å². The lowest BCUT2D eigenvalue weighted by Gasteiger charge is -2.16. The van der Waals surface area contributed by atoms with Crippen LogP contribution in [0.2, 0.25) is 0 Å². The van der Waals surface area contributed by atoms with Gasteiger partial charge in [-0.05, 0) is 111 Å². The Morgan fingerprint density at radius 3 is 1.11 bits per heavy atom. The maximum absolute atomic E-state index is 12.0. The summed E-state index contributed by atoms with van der Waals surface area (Å²) in [6.45, 7) is 0. The van der Waals surface area contributed by atoms with E-state index in [1.54, 1.807) is 0 Å². The molecule has 16 aromatic rings. The summed E-state index contributed by atoms with van der Waals surface area (Å²) in [7, 11) is 0. The smallest absolute Gasteiger partial charge is 0.160 e. The summed E-state index contributed by atoms with van der Waals surface area (Å²) in [4.78, 5) is 10.5. The summed E-state index contributed by atoms with van der Waals surface area (Å²) >= 11 is 0. The summed E-state index contributed by atoms with van der Waals surface area (Å²) in [5.41, 5.74) is 20.2. The van der Waals surface area contributed by atoms with Crippen molar-refractivity contribution in [3.8, 4) is 95.9 Å². The zero-order valence-electron chi connectivity index (χ0n) is 44.8. The van der Waals surface area contributed by atoms with Gasteiger partial charge in [0.15, 0.2) is 11.4 Å². The minimum Gasteiger partial charge on any atom is -0.454 e. The second-order valence-electron chi connectivity index (χ2n) is 21.1. The molecule has 386 valence electrons. The van der Waals surface area contributed by atoms with Gasteiger partial charge >= 0.3 is 0 Å². The summed E-state index contributed by atoms with van der Waals surface area (Å²) < 4.78 is 12.1. The van der Waals surface area contributed by atoms with Crippen molar-refractivity contribution in [1.29, 1.82) is 5.26 Å². The lowest BCUT2D eigenvalue weighted by Crippen LogP contribution is -2.03. The minimum absolute atomic E-state index is 0.417. The van der Waals surface area contributed by atoms with Gasteiger partial charge < -0.3 is 13.6 Å². The highest BCUT2D eigenvalue weighted by atomic mass is 16.3. The molecule has 83 heavy (non-hydrogen) atoms. The average molecular weight is 1060 g/mol. The summed E-state index contributed by atoms with van der Waals surface area (Å²) in [6, 6.07) is 103. The number of benzene rings is 12. The lowest BCUT2D eigenvalue weighted by atomic mass is 10.0. The van der Waals surface area contributed by atoms with Crippen LogP contribution in [0.1, 0.15) is 5.56 Å². The molecular weight excluding hydrogens is 1010 g/mol. The number of rotatable bonds is 9. The first-order chi connectivity index (χ1) is 41.1. The van der Waals surface area contributed by atoms with Crippen LogP contribution in [0, 0.1) is 11.3 Å². The molecule has 16 rings (SSSR count). The molecule has 0 spiro atoms. The van der Waals surface area contributed by atoms with E-state index in [2.05, 4.69) is 246 Å². The van der Waals surface area contributed by atoms with E-state index in [0.29, 0.717) is 33.9 Å². The highest BCUT2D eigenvalue weighted by molar-refractivity contribution is 6.19. The second-order valence-corrected chi connectivity index (χ2v) is 21.1. The molecule has 0 aliphatic heterocycles. The van der Waals surface area contributed by atoms with E-state index in [9.17, 15) is 5.26 Å². The summed E-state index contributed by atoms with van der Waals surface area (Å²) in [6.07, 6.45) is 0. The number of aromatic nitrogens is 4. The Morgan fingerprint density at radius 2 is 0.687 bits per heavy atom. The fourth-order valence-corrected chi connectivity index (χ4v) is 12.5. The van der Waals surface area contributed by atoms with E-state index in [0.717, 1.165) is 127 Å². The SMILES string of the molecule is N#Cc1c(-n2c3ccc(-c4ccccc4)cc3c3cc(-c4ccccc4)ccc32)cc(-n2c3ccc(-c4ccccc4)cc3c3cc(-c4ccccc4)ccc32)c2c1oc1c(-c3cc(-c4ccccc4)nc(-c4ccccc4)n3)cccc12. The highest BCUT2D eigenvalue weighted by Crippen LogP contribution is 2.47. The Hall–Kier alpha value is -11.4. The highest BCUT2D eigenvalue weighted by Gasteiger charge is 2.28. The molecule has 6 heteroatoms. The molecule has 6 nitrogen and oxygen atoms in total. The molecule has 0 radical (unpaired) electrons. The van der Waals surface area contributed by atoms with Gasteiger partial charge in [-0.3, -0.25) is 0 Å². The number of furan rings is 1. The van der Waals surface area contributed by atoms with Crippen LogP contribution in [0.15, 0.2) is 290 Å². The molecule has 0 bridgehead atoms. The van der Waals surface area contributed by atoms with Crippen LogP contribution in [0.3, 0.4) is 0 Å². The van der Waals surface area contributed by atoms with Crippen molar-refractivity contribution in [2.75, 3.05) is 0 Å². The fraction of sp³-hybridized carbons (Fsp3) is 0. The molecule has 4 aromatic heterocycles. The summed E-state index contributed by atoms with van der Waals surface area (Å²) in [5, 5.41) is 18.0. The molecule has 0 saturated carbocycles. The maximum atomic E-state index is 12.0. The van der Waals surface area contributed by atoms with Gasteiger partial charge in [0.25, 0.3) is 0 Å². The standard InChI is InChI=1S/C77H47N5O/c78-48-65-72(81-68-38-34-55(49-20-7-1-8-21-49)42-61(68)62-43-56(35-39-69(62)81)50-22-9-2-10-23-50)47-73(82-70-40-36-57(51-24-11-3-12-25-51)44-63(70)64-45-58(37-41-71(64)82)52-26-13-4-14-27-52)74-60-33-19-32-59(75(60)83-76(65)74)67-46-66(53-28-15-5-16-29-53)79-77(80-67)54-30-17-6-18-31-54/h1-47H. The Morgan fingerprint density at radius 1 is 0.301 bits per heavy atom. The van der Waals surface area contributed by atoms with Crippen LogP contribution >= 0.6 is 0 Å². The van der Waals surface area contributed by atoms with Crippen LogP contribution in [0.25, 0.3) is 155 Å². The van der Waals surface area contributed by atoms with E-state index in [-0.39, 0.29) is 0 Å². The third-order valence-electron chi connectivity index (χ3n) is 16.4. The number of para-hydroxylation sites is 1. The van der Waals surface area contributed by atoms with Gasteiger partial charge in [-0.1, -0.05) is 218 Å². The van der Waals surface area contributed by atoms with E-state index >= 15 is 0 Å². The van der Waals surface area contributed by atoms with E-state index in [1.807, 2.05) is 54.6 Å². The first kappa shape index (κ1) is 47.6. The topological polar surface area (TPSA) is 72.6 Å². The number of hydrogen-bond acceptors (Lipinski definition) is 4. The molecule has 0 N–H and O–H groups in total. The van der Waals surface area contributed by atoms with Crippen LogP contribution < -0.4 is 0 Å². The normalized spacial score (nSPS) is 11.6. The Bertz CT molecular complexity index is 4980. The molecule has 0 aliphatic rings. The zero-order chi connectivity index (χ0) is 55.0. The molecule has 0 atom stereocenters. The average Bonchev–Trinajstić information content (AvgIpc) is 2.16. The predicted octanol–water partition coefficient (Wildman–Crippen LogP) is 20.1. The summed E-state index contributed by atoms with van der Waals surface area (Å²) in [5.74, 6) is 0.600. The van der Waals surface area contributed by atoms with Gasteiger partial charge in [-0.25, -0.2) is 9.97 Å². The molecule has 0 aliphatic carbocycles. The van der Waals surface area contributed by atoms with Crippen molar-refractivity contribution in [3.63, 3.8) is 0 Å². The van der Waals surface area contributed by atoms with Crippen molar-refractivity contribution in [1.82, 2.24) is 19.1 Å². The first-order valence-corrected chi connectivity index (χ1v) is 27.9. The predicted molar refractivity (Wildman–Crippen MR) is 341 cm³/mol. The van der Waals surface area contributed by atoms with E-state index in [1.165, 1.54) is 0 Å². The van der Waals surface area contributed by atoms with Crippen molar-refractivity contribution in [2.45, 2.75) is 0 Å². The van der Waals surface area contributed by atoms with Gasteiger partial charge in [0.1, 0.15) is 17.2 Å². The van der Waals surface area contributed by atoms with Crippen molar-refractivity contribution < 1.29 is 4.42 Å². The Labute approximate surface area is 478 Å². The molecule has 0 fully saturated rings. The van der Waals surface area contributed by atoms with Crippen LogP contribution in [0.5, 0.6) is 0 Å². The van der Waals surface area contributed by atoms with Gasteiger partial charge in [0.2, 0.25) is 0 Å². The Kier molecular flexibility index (Phi) is 11.2. The fourth-order valence-electron chi connectivity index (χ4n) is 12.5. The van der Waals surface area contributed by atoms with Gasteiger partial charge in [0, 0.05) is 43.6 Å². The van der Waals surface area contributed by atoms with Crippen LogP contribution in [-0.2, 0) is 0 Å². The third kappa shape index (κ3) is 7.94. The second kappa shape index (κ2) is 19.5. The monoisotopic (exact) mass is 1060 g/mol. The van der Waals surface area contributed by atoms with Crippen LogP contribution in [-0.4, -0.2) is 19.1 Å². The number of nitriles is 1. The van der Waals surface area contributed by atoms with Gasteiger partial charge in [0.05, 0.1) is 50.2 Å². The quantitative estimate of drug-likeness (QED) is 0.144. The maximum Gasteiger partial charge on any atom is 0.160 e. The van der Waals surface area contributed by atoms with E-state index < -0.39 is 0 Å². The molecule has 0 amide bonds. The number of hydrogen-bond donors (Lipinski definition) is 0. The number of fused-ring (bicyclic) bond motifs is 9. The largest absolute Gasteiger partial charge is 0.454 e.